The molecule has 0 bridgehead atoms. The topological polar surface area (TPSA) is 49.3 Å². The van der Waals surface area contributed by atoms with Crippen LogP contribution < -0.4 is 5.48 Å². The van der Waals surface area contributed by atoms with Gasteiger partial charge in [0.05, 0.1) is 5.41 Å². The highest BCUT2D eigenvalue weighted by molar-refractivity contribution is 5.87. The molecule has 0 unspecified atom stereocenters. The van der Waals surface area contributed by atoms with E-state index >= 15 is 0 Å². The Morgan fingerprint density at radius 1 is 1.31 bits per heavy atom. The fraction of sp³-hybridized carbons (Fsp3) is 0.417. The van der Waals surface area contributed by atoms with E-state index in [2.05, 4.69) is 0 Å². The Labute approximate surface area is 93.2 Å². The molecule has 0 aromatic heterocycles. The lowest BCUT2D eigenvalue weighted by molar-refractivity contribution is -0.135. The average molecular weight is 223 g/mol. The van der Waals surface area contributed by atoms with Gasteiger partial charge in [0.25, 0.3) is 5.91 Å². The van der Waals surface area contributed by atoms with E-state index in [-0.39, 0.29) is 5.82 Å². The zero-order chi connectivity index (χ0) is 11.6. The van der Waals surface area contributed by atoms with Gasteiger partial charge in [-0.2, -0.15) is 0 Å². The molecule has 1 aliphatic rings. The van der Waals surface area contributed by atoms with Crippen LogP contribution in [-0.2, 0) is 10.2 Å². The molecule has 1 saturated carbocycles. The third kappa shape index (κ3) is 1.59. The maximum absolute atomic E-state index is 13.7. The van der Waals surface area contributed by atoms with Gasteiger partial charge in [0, 0.05) is 5.56 Å². The lowest BCUT2D eigenvalue weighted by atomic mass is 9.78. The van der Waals surface area contributed by atoms with Crippen LogP contribution in [0.1, 0.15) is 31.2 Å². The van der Waals surface area contributed by atoms with Gasteiger partial charge >= 0.3 is 0 Å². The van der Waals surface area contributed by atoms with Crippen molar-refractivity contribution in [2.75, 3.05) is 0 Å². The first-order valence-electron chi connectivity index (χ1n) is 5.40. The summed E-state index contributed by atoms with van der Waals surface area (Å²) < 4.78 is 13.7. The van der Waals surface area contributed by atoms with Crippen molar-refractivity contribution in [3.8, 4) is 0 Å². The van der Waals surface area contributed by atoms with Crippen LogP contribution in [-0.4, -0.2) is 11.1 Å². The Hall–Kier alpha value is -1.42. The van der Waals surface area contributed by atoms with Crippen LogP contribution in [0.25, 0.3) is 0 Å². The fourth-order valence-corrected chi connectivity index (χ4v) is 2.55. The number of nitrogens with one attached hydrogen (secondary N) is 1. The number of hydrogen-bond acceptors (Lipinski definition) is 2. The van der Waals surface area contributed by atoms with Gasteiger partial charge in [-0.1, -0.05) is 31.0 Å². The second-order valence-corrected chi connectivity index (χ2v) is 4.21. The first-order chi connectivity index (χ1) is 7.70. The van der Waals surface area contributed by atoms with Crippen molar-refractivity contribution in [2.45, 2.75) is 31.1 Å². The first-order valence-corrected chi connectivity index (χ1v) is 5.40. The zero-order valence-electron chi connectivity index (χ0n) is 8.87. The molecule has 16 heavy (non-hydrogen) atoms. The molecule has 0 atom stereocenters. The second kappa shape index (κ2) is 4.22. The van der Waals surface area contributed by atoms with E-state index in [0.29, 0.717) is 18.4 Å². The molecule has 0 saturated heterocycles. The molecular weight excluding hydrogens is 209 g/mol. The van der Waals surface area contributed by atoms with Crippen molar-refractivity contribution in [3.05, 3.63) is 35.6 Å². The van der Waals surface area contributed by atoms with E-state index in [0.717, 1.165) is 12.8 Å². The minimum absolute atomic E-state index is 0.381. The molecule has 2 N–H and O–H groups in total. The number of rotatable bonds is 2. The highest BCUT2D eigenvalue weighted by Gasteiger charge is 2.44. The third-order valence-corrected chi connectivity index (χ3v) is 3.38. The molecule has 0 radical (unpaired) electrons. The molecule has 1 aromatic carbocycles. The fourth-order valence-electron chi connectivity index (χ4n) is 2.55. The van der Waals surface area contributed by atoms with Crippen LogP contribution >= 0.6 is 0 Å². The van der Waals surface area contributed by atoms with E-state index in [9.17, 15) is 9.18 Å². The molecular formula is C12H14FNO2. The summed E-state index contributed by atoms with van der Waals surface area (Å²) in [5, 5.41) is 8.79. The Kier molecular flexibility index (Phi) is 2.92. The summed E-state index contributed by atoms with van der Waals surface area (Å²) in [6.45, 7) is 0. The molecule has 1 aromatic rings. The van der Waals surface area contributed by atoms with Crippen molar-refractivity contribution in [1.82, 2.24) is 5.48 Å². The van der Waals surface area contributed by atoms with Crippen LogP contribution in [0.4, 0.5) is 4.39 Å². The zero-order valence-corrected chi connectivity index (χ0v) is 8.87. The number of amides is 1. The number of hydrogen-bond donors (Lipinski definition) is 2. The number of carbonyl (C=O) groups excluding carboxylic acids is 1. The van der Waals surface area contributed by atoms with E-state index in [1.165, 1.54) is 6.07 Å². The van der Waals surface area contributed by atoms with Crippen molar-refractivity contribution < 1.29 is 14.4 Å². The molecule has 1 aliphatic carbocycles. The van der Waals surface area contributed by atoms with E-state index < -0.39 is 11.3 Å². The quantitative estimate of drug-likeness (QED) is 0.596. The van der Waals surface area contributed by atoms with Crippen LogP contribution in [0, 0.1) is 5.82 Å². The van der Waals surface area contributed by atoms with Gasteiger partial charge in [0.1, 0.15) is 5.82 Å². The monoisotopic (exact) mass is 223 g/mol. The van der Waals surface area contributed by atoms with Gasteiger partial charge < -0.3 is 0 Å². The number of halogens is 1. The maximum Gasteiger partial charge on any atom is 0.254 e. The number of carbonyl (C=O) groups is 1. The first kappa shape index (κ1) is 11.1. The summed E-state index contributed by atoms with van der Waals surface area (Å²) in [5.74, 6) is -0.886. The summed E-state index contributed by atoms with van der Waals surface area (Å²) in [6, 6.07) is 6.28. The highest BCUT2D eigenvalue weighted by Crippen LogP contribution is 2.42. The van der Waals surface area contributed by atoms with Gasteiger partial charge in [-0.15, -0.1) is 0 Å². The lowest BCUT2D eigenvalue weighted by Crippen LogP contribution is -2.41. The molecule has 1 amide bonds. The number of hydroxylamine groups is 1. The molecule has 0 aliphatic heterocycles. The maximum atomic E-state index is 13.7. The molecule has 3 nitrogen and oxygen atoms in total. The Balaban J connectivity index is 2.48. The molecule has 1 fully saturated rings. The van der Waals surface area contributed by atoms with Crippen LogP contribution in [0.5, 0.6) is 0 Å². The van der Waals surface area contributed by atoms with E-state index in [4.69, 9.17) is 5.21 Å². The molecule has 4 heteroatoms. The second-order valence-electron chi connectivity index (χ2n) is 4.21. The van der Waals surface area contributed by atoms with Crippen LogP contribution in [0.2, 0.25) is 0 Å². The summed E-state index contributed by atoms with van der Waals surface area (Å²) in [7, 11) is 0. The highest BCUT2D eigenvalue weighted by atomic mass is 19.1. The summed E-state index contributed by atoms with van der Waals surface area (Å²) in [5.41, 5.74) is 1.17. The van der Waals surface area contributed by atoms with Crippen LogP contribution in [0.3, 0.4) is 0 Å². The smallest absolute Gasteiger partial charge is 0.254 e. The normalized spacial score (nSPS) is 18.4. The minimum Gasteiger partial charge on any atom is -0.289 e. The van der Waals surface area contributed by atoms with Crippen molar-refractivity contribution >= 4 is 5.91 Å². The Morgan fingerprint density at radius 2 is 1.94 bits per heavy atom. The molecule has 86 valence electrons. The van der Waals surface area contributed by atoms with Crippen LogP contribution in [0.15, 0.2) is 24.3 Å². The summed E-state index contributed by atoms with van der Waals surface area (Å²) in [6.07, 6.45) is 2.92. The van der Waals surface area contributed by atoms with Gasteiger partial charge in [0.15, 0.2) is 0 Å². The summed E-state index contributed by atoms with van der Waals surface area (Å²) >= 11 is 0. The van der Waals surface area contributed by atoms with Gasteiger partial charge in [-0.3, -0.25) is 10.0 Å². The predicted octanol–water partition coefficient (Wildman–Crippen LogP) is 2.14. The molecule has 0 spiro atoms. The predicted molar refractivity (Wildman–Crippen MR) is 56.5 cm³/mol. The number of benzene rings is 1. The van der Waals surface area contributed by atoms with Crippen molar-refractivity contribution in [1.29, 1.82) is 0 Å². The largest absolute Gasteiger partial charge is 0.289 e. The Bertz CT molecular complexity index is 400. The van der Waals surface area contributed by atoms with Crippen molar-refractivity contribution in [3.63, 3.8) is 0 Å². The van der Waals surface area contributed by atoms with E-state index in [1.54, 1.807) is 23.7 Å². The standard InChI is InChI=1S/C12H14FNO2/c13-10-6-2-1-5-9(10)12(11(15)14-16)7-3-4-8-12/h1-2,5-6,16H,3-4,7-8H2,(H,14,15). The molecule has 0 heterocycles. The Morgan fingerprint density at radius 3 is 2.50 bits per heavy atom. The third-order valence-electron chi connectivity index (χ3n) is 3.38. The summed E-state index contributed by atoms with van der Waals surface area (Å²) in [4.78, 5) is 11.8. The lowest BCUT2D eigenvalue weighted by Gasteiger charge is -2.27. The van der Waals surface area contributed by atoms with Gasteiger partial charge in [-0.05, 0) is 18.9 Å². The van der Waals surface area contributed by atoms with Gasteiger partial charge in [0.2, 0.25) is 0 Å². The average Bonchev–Trinajstić information content (AvgIpc) is 2.79. The minimum atomic E-state index is -0.889. The van der Waals surface area contributed by atoms with Gasteiger partial charge in [-0.25, -0.2) is 9.87 Å². The SMILES string of the molecule is O=C(NO)C1(c2ccccc2F)CCCC1. The van der Waals surface area contributed by atoms with Crippen molar-refractivity contribution in [2.24, 2.45) is 0 Å². The van der Waals surface area contributed by atoms with E-state index in [1.807, 2.05) is 0 Å². The molecule has 2 rings (SSSR count).